The van der Waals surface area contributed by atoms with E-state index in [4.69, 9.17) is 0 Å². The van der Waals surface area contributed by atoms with Crippen molar-refractivity contribution >= 4 is 11.4 Å². The number of hydrogen-bond donors (Lipinski definition) is 0. The Labute approximate surface area is 153 Å². The van der Waals surface area contributed by atoms with Crippen LogP contribution in [0.15, 0.2) is 48.5 Å². The topological polar surface area (TPSA) is 9.72 Å². The Bertz CT molecular complexity index is 599. The second-order valence-corrected chi connectivity index (χ2v) is 7.41. The third kappa shape index (κ3) is 5.87. The van der Waals surface area contributed by atoms with E-state index in [0.717, 1.165) is 25.9 Å². The van der Waals surface area contributed by atoms with Crippen molar-refractivity contribution in [3.05, 3.63) is 59.7 Å². The van der Waals surface area contributed by atoms with Gasteiger partial charge in [0.05, 0.1) is 0 Å². The molecule has 0 aromatic heterocycles. The summed E-state index contributed by atoms with van der Waals surface area (Å²) in [4.78, 5) is 6.77. The summed E-state index contributed by atoms with van der Waals surface area (Å²) in [5.74, 6) is 0. The van der Waals surface area contributed by atoms with Crippen LogP contribution in [0.25, 0.3) is 0 Å². The highest BCUT2D eigenvalue weighted by Crippen LogP contribution is 2.35. The van der Waals surface area contributed by atoms with E-state index in [0.29, 0.717) is 0 Å². The molecule has 0 saturated carbocycles. The smallest absolute Gasteiger partial charge is 0.0443 e. The van der Waals surface area contributed by atoms with Gasteiger partial charge in [-0.25, -0.2) is 0 Å². The molecule has 0 N–H and O–H groups in total. The van der Waals surface area contributed by atoms with Crippen LogP contribution in [0.2, 0.25) is 0 Å². The quantitative estimate of drug-likeness (QED) is 0.832. The molecule has 3 rings (SSSR count). The highest BCUT2D eigenvalue weighted by molar-refractivity contribution is 5.71. The van der Waals surface area contributed by atoms with Crippen LogP contribution in [0.4, 0.5) is 11.4 Å². The summed E-state index contributed by atoms with van der Waals surface area (Å²) in [5.41, 5.74) is 5.72. The number of rotatable bonds is 4. The molecule has 1 aliphatic heterocycles. The second-order valence-electron chi connectivity index (χ2n) is 7.41. The number of hydrogen-bond acceptors (Lipinski definition) is 3. The van der Waals surface area contributed by atoms with Crippen molar-refractivity contribution < 1.29 is 0 Å². The fourth-order valence-electron chi connectivity index (χ4n) is 3.16. The summed E-state index contributed by atoms with van der Waals surface area (Å²) in [5, 5.41) is 0. The van der Waals surface area contributed by atoms with Gasteiger partial charge in [0, 0.05) is 17.9 Å². The molecule has 0 aliphatic carbocycles. The lowest BCUT2D eigenvalue weighted by atomic mass is 10.0. The first-order chi connectivity index (χ1) is 12.0. The summed E-state index contributed by atoms with van der Waals surface area (Å²) < 4.78 is 0. The van der Waals surface area contributed by atoms with Crippen molar-refractivity contribution in [2.45, 2.75) is 19.3 Å². The van der Waals surface area contributed by atoms with Gasteiger partial charge in [-0.1, -0.05) is 36.4 Å². The number of para-hydroxylation sites is 2. The lowest BCUT2D eigenvalue weighted by molar-refractivity contribution is 0.402. The van der Waals surface area contributed by atoms with Crippen LogP contribution in [0.1, 0.15) is 17.5 Å². The van der Waals surface area contributed by atoms with Crippen LogP contribution >= 0.6 is 0 Å². The van der Waals surface area contributed by atoms with Crippen LogP contribution in [0, 0.1) is 0 Å². The van der Waals surface area contributed by atoms with E-state index in [1.807, 2.05) is 26.0 Å². The molecule has 0 unspecified atom stereocenters. The van der Waals surface area contributed by atoms with Crippen molar-refractivity contribution in [3.63, 3.8) is 0 Å². The van der Waals surface area contributed by atoms with E-state index >= 15 is 0 Å². The van der Waals surface area contributed by atoms with Crippen LogP contribution in [0.3, 0.4) is 0 Å². The zero-order valence-corrected chi connectivity index (χ0v) is 16.5. The number of anilines is 2. The number of aryl methyl sites for hydroxylation is 2. The number of nitrogens with zero attached hydrogens (tertiary/aromatic N) is 3. The highest BCUT2D eigenvalue weighted by Gasteiger charge is 2.19. The molecule has 2 aromatic carbocycles. The Balaban J connectivity index is 0.000000511. The maximum atomic E-state index is 2.52. The monoisotopic (exact) mass is 339 g/mol. The largest absolute Gasteiger partial charge is 0.341 e. The van der Waals surface area contributed by atoms with Gasteiger partial charge in [-0.15, -0.1) is 0 Å². The van der Waals surface area contributed by atoms with Crippen LogP contribution in [-0.2, 0) is 12.8 Å². The molecule has 2 aromatic rings. The lowest BCUT2D eigenvalue weighted by Gasteiger charge is -2.27. The molecule has 0 radical (unpaired) electrons. The first-order valence-corrected chi connectivity index (χ1v) is 9.18. The minimum atomic E-state index is 1.08. The third-order valence-corrected chi connectivity index (χ3v) is 4.22. The highest BCUT2D eigenvalue weighted by atomic mass is 15.1. The van der Waals surface area contributed by atoms with Crippen LogP contribution in [-0.4, -0.2) is 58.1 Å². The zero-order valence-electron chi connectivity index (χ0n) is 16.5. The van der Waals surface area contributed by atoms with E-state index < -0.39 is 0 Å². The van der Waals surface area contributed by atoms with Gasteiger partial charge in [-0.3, -0.25) is 0 Å². The Kier molecular flexibility index (Phi) is 7.48. The normalized spacial score (nSPS) is 13.0. The van der Waals surface area contributed by atoms with E-state index in [-0.39, 0.29) is 0 Å². The molecule has 0 amide bonds. The predicted octanol–water partition coefficient (Wildman–Crippen LogP) is 4.05. The van der Waals surface area contributed by atoms with Gasteiger partial charge in [0.1, 0.15) is 0 Å². The summed E-state index contributed by atoms with van der Waals surface area (Å²) in [7, 11) is 10.3. The van der Waals surface area contributed by atoms with E-state index in [1.165, 1.54) is 28.9 Å². The molecule has 1 heterocycles. The van der Waals surface area contributed by atoms with Crippen LogP contribution in [0.5, 0.6) is 0 Å². The van der Waals surface area contributed by atoms with Crippen molar-refractivity contribution in [2.75, 3.05) is 53.2 Å². The molecule has 0 saturated heterocycles. The minimum absolute atomic E-state index is 1.08. The van der Waals surface area contributed by atoms with Crippen molar-refractivity contribution in [3.8, 4) is 0 Å². The average Bonchev–Trinajstić information content (AvgIpc) is 2.72. The fraction of sp³-hybridized carbons (Fsp3) is 0.455. The van der Waals surface area contributed by atoms with Gasteiger partial charge >= 0.3 is 0 Å². The predicted molar refractivity (Wildman–Crippen MR) is 110 cm³/mol. The molecular formula is C22H33N3. The minimum Gasteiger partial charge on any atom is -0.341 e. The second kappa shape index (κ2) is 9.59. The van der Waals surface area contributed by atoms with Crippen LogP contribution < -0.4 is 4.90 Å². The Hall–Kier alpha value is -1.84. The lowest BCUT2D eigenvalue weighted by Crippen LogP contribution is -2.23. The SMILES string of the molecule is CN(C)C.CN(C)CCCN1c2ccccc2CCc2ccccc21. The number of benzene rings is 2. The van der Waals surface area contributed by atoms with E-state index in [2.05, 4.69) is 72.4 Å². The summed E-state index contributed by atoms with van der Waals surface area (Å²) in [6.07, 6.45) is 3.45. The zero-order chi connectivity index (χ0) is 18.2. The molecule has 0 fully saturated rings. The Morgan fingerprint density at radius 2 is 1.20 bits per heavy atom. The fourth-order valence-corrected chi connectivity index (χ4v) is 3.16. The Morgan fingerprint density at radius 1 is 0.760 bits per heavy atom. The van der Waals surface area contributed by atoms with Gasteiger partial charge in [-0.2, -0.15) is 0 Å². The molecular weight excluding hydrogens is 306 g/mol. The molecule has 25 heavy (non-hydrogen) atoms. The molecule has 0 spiro atoms. The van der Waals surface area contributed by atoms with E-state index in [1.54, 1.807) is 0 Å². The van der Waals surface area contributed by atoms with Gasteiger partial charge in [0.2, 0.25) is 0 Å². The number of fused-ring (bicyclic) bond motifs is 2. The standard InChI is InChI=1S/C19H24N2.C3H9N/c1-20(2)14-7-15-21-18-10-5-3-8-16(18)12-13-17-9-4-6-11-19(17)21;1-4(2)3/h3-6,8-11H,7,12-15H2,1-2H3;1-3H3. The molecule has 0 atom stereocenters. The molecule has 3 nitrogen and oxygen atoms in total. The van der Waals surface area contributed by atoms with Gasteiger partial charge in [0.15, 0.2) is 0 Å². The van der Waals surface area contributed by atoms with Gasteiger partial charge in [-0.05, 0) is 84.3 Å². The summed E-state index contributed by atoms with van der Waals surface area (Å²) >= 11 is 0. The third-order valence-electron chi connectivity index (χ3n) is 4.22. The molecule has 0 bridgehead atoms. The maximum absolute atomic E-state index is 2.52. The van der Waals surface area contributed by atoms with Gasteiger partial charge in [0.25, 0.3) is 0 Å². The molecule has 3 heteroatoms. The summed E-state index contributed by atoms with van der Waals surface area (Å²) in [6, 6.07) is 17.7. The average molecular weight is 340 g/mol. The Morgan fingerprint density at radius 3 is 1.64 bits per heavy atom. The first-order valence-electron chi connectivity index (χ1n) is 9.18. The van der Waals surface area contributed by atoms with Crippen molar-refractivity contribution in [1.82, 2.24) is 9.80 Å². The first kappa shape index (κ1) is 19.5. The maximum Gasteiger partial charge on any atom is 0.0443 e. The molecule has 1 aliphatic rings. The molecule has 136 valence electrons. The van der Waals surface area contributed by atoms with Crippen molar-refractivity contribution in [1.29, 1.82) is 0 Å². The van der Waals surface area contributed by atoms with Crippen molar-refractivity contribution in [2.24, 2.45) is 0 Å². The van der Waals surface area contributed by atoms with E-state index in [9.17, 15) is 0 Å². The summed E-state index contributed by atoms with van der Waals surface area (Å²) in [6.45, 7) is 2.20. The van der Waals surface area contributed by atoms with Gasteiger partial charge < -0.3 is 14.7 Å².